The molecule has 2 N–H and O–H groups in total. The van der Waals surface area contributed by atoms with E-state index in [1.807, 2.05) is 20.3 Å². The smallest absolute Gasteiger partial charge is 0.253 e. The third-order valence-corrected chi connectivity index (χ3v) is 5.37. The molecule has 0 aliphatic heterocycles. The first-order chi connectivity index (χ1) is 12.9. The van der Waals surface area contributed by atoms with Gasteiger partial charge in [-0.2, -0.15) is 0 Å². The van der Waals surface area contributed by atoms with Crippen LogP contribution in [0.5, 0.6) is 0 Å². The summed E-state index contributed by atoms with van der Waals surface area (Å²) >= 11 is 3.35. The summed E-state index contributed by atoms with van der Waals surface area (Å²) in [6.45, 7) is 2.07. The van der Waals surface area contributed by atoms with Crippen LogP contribution in [0.15, 0.2) is 35.2 Å². The number of carbonyl (C=O) groups excluding carboxylic acids is 1. The van der Waals surface area contributed by atoms with Gasteiger partial charge in [0.1, 0.15) is 5.82 Å². The van der Waals surface area contributed by atoms with Crippen molar-refractivity contribution in [2.24, 2.45) is 0 Å². The molecule has 0 unspecified atom stereocenters. The molecule has 2 heterocycles. The summed E-state index contributed by atoms with van der Waals surface area (Å²) in [7, 11) is 4.08. The predicted octanol–water partition coefficient (Wildman–Crippen LogP) is 3.77. The van der Waals surface area contributed by atoms with E-state index in [1.54, 1.807) is 18.5 Å². The molecular formula is C20H26BrN5O. The minimum Gasteiger partial charge on any atom is -0.377 e. The van der Waals surface area contributed by atoms with Crippen LogP contribution in [-0.4, -0.2) is 42.1 Å². The maximum atomic E-state index is 12.4. The summed E-state index contributed by atoms with van der Waals surface area (Å²) in [5.74, 6) is 0.855. The Morgan fingerprint density at radius 2 is 1.81 bits per heavy atom. The van der Waals surface area contributed by atoms with E-state index in [0.717, 1.165) is 36.0 Å². The number of halogens is 1. The number of rotatable bonds is 5. The second-order valence-electron chi connectivity index (χ2n) is 7.31. The molecule has 2 aromatic heterocycles. The van der Waals surface area contributed by atoms with E-state index in [9.17, 15) is 4.79 Å². The van der Waals surface area contributed by atoms with E-state index in [1.165, 1.54) is 11.3 Å². The monoisotopic (exact) mass is 431 g/mol. The standard InChI is InChI=1S/C20H26BrN5O/c1-13-10-23-19(9-18(13)26(2)3)24-16-4-6-17(7-5-16)25-20(27)14-8-15(21)12-22-11-14/h8-12,16-17H,4-7H2,1-3H3,(H,23,24)(H,25,27). The molecule has 1 aliphatic carbocycles. The van der Waals surface area contributed by atoms with Gasteiger partial charge in [0.15, 0.2) is 0 Å². The van der Waals surface area contributed by atoms with Gasteiger partial charge in [-0.05, 0) is 60.2 Å². The molecule has 0 saturated heterocycles. The van der Waals surface area contributed by atoms with Crippen LogP contribution in [0, 0.1) is 6.92 Å². The summed E-state index contributed by atoms with van der Waals surface area (Å²) < 4.78 is 0.811. The number of anilines is 2. The molecule has 1 amide bonds. The average Bonchev–Trinajstić information content (AvgIpc) is 2.64. The Labute approximate surface area is 168 Å². The quantitative estimate of drug-likeness (QED) is 0.753. The minimum absolute atomic E-state index is 0.0592. The van der Waals surface area contributed by atoms with Gasteiger partial charge in [0.2, 0.25) is 0 Å². The van der Waals surface area contributed by atoms with E-state index >= 15 is 0 Å². The van der Waals surface area contributed by atoms with Crippen LogP contribution < -0.4 is 15.5 Å². The fourth-order valence-electron chi connectivity index (χ4n) is 3.47. The zero-order valence-electron chi connectivity index (χ0n) is 16.0. The number of carbonyl (C=O) groups is 1. The zero-order valence-corrected chi connectivity index (χ0v) is 17.6. The molecule has 0 radical (unpaired) electrons. The van der Waals surface area contributed by atoms with Gasteiger partial charge < -0.3 is 15.5 Å². The number of aromatic nitrogens is 2. The molecule has 2 aromatic rings. The number of amides is 1. The third kappa shape index (κ3) is 5.19. The Balaban J connectivity index is 1.52. The van der Waals surface area contributed by atoms with Gasteiger partial charge in [0, 0.05) is 61.0 Å². The van der Waals surface area contributed by atoms with Crippen molar-refractivity contribution in [1.82, 2.24) is 15.3 Å². The van der Waals surface area contributed by atoms with Crippen LogP contribution in [0.3, 0.4) is 0 Å². The van der Waals surface area contributed by atoms with Crippen molar-refractivity contribution in [1.29, 1.82) is 0 Å². The molecule has 3 rings (SSSR count). The third-order valence-electron chi connectivity index (χ3n) is 4.94. The Morgan fingerprint density at radius 3 is 2.48 bits per heavy atom. The molecule has 144 valence electrons. The molecule has 0 bridgehead atoms. The second kappa shape index (κ2) is 8.69. The molecule has 1 saturated carbocycles. The van der Waals surface area contributed by atoms with Crippen molar-refractivity contribution in [3.63, 3.8) is 0 Å². The average molecular weight is 432 g/mol. The number of nitrogens with zero attached hydrogens (tertiary/aromatic N) is 3. The zero-order chi connectivity index (χ0) is 19.4. The summed E-state index contributed by atoms with van der Waals surface area (Å²) in [5, 5.41) is 6.68. The lowest BCUT2D eigenvalue weighted by Crippen LogP contribution is -2.40. The molecule has 7 heteroatoms. The van der Waals surface area contributed by atoms with E-state index in [-0.39, 0.29) is 11.9 Å². The highest BCUT2D eigenvalue weighted by atomic mass is 79.9. The predicted molar refractivity (Wildman–Crippen MR) is 112 cm³/mol. The summed E-state index contributed by atoms with van der Waals surface area (Å²) in [6.07, 6.45) is 9.11. The number of hydrogen-bond donors (Lipinski definition) is 2. The molecule has 27 heavy (non-hydrogen) atoms. The highest BCUT2D eigenvalue weighted by Gasteiger charge is 2.23. The summed E-state index contributed by atoms with van der Waals surface area (Å²) in [5.41, 5.74) is 2.93. The topological polar surface area (TPSA) is 70.1 Å². The maximum Gasteiger partial charge on any atom is 0.253 e. The van der Waals surface area contributed by atoms with Gasteiger partial charge >= 0.3 is 0 Å². The van der Waals surface area contributed by atoms with Gasteiger partial charge in [-0.1, -0.05) is 0 Å². The molecule has 1 aliphatic rings. The van der Waals surface area contributed by atoms with E-state index < -0.39 is 0 Å². The number of nitrogens with one attached hydrogen (secondary N) is 2. The number of aryl methyl sites for hydroxylation is 1. The van der Waals surface area contributed by atoms with Crippen LogP contribution in [-0.2, 0) is 0 Å². The van der Waals surface area contributed by atoms with E-state index in [0.29, 0.717) is 11.6 Å². The van der Waals surface area contributed by atoms with Crippen LogP contribution in [0.2, 0.25) is 0 Å². The van der Waals surface area contributed by atoms with Crippen molar-refractivity contribution in [3.05, 3.63) is 46.3 Å². The number of hydrogen-bond acceptors (Lipinski definition) is 5. The first-order valence-corrected chi connectivity index (χ1v) is 10.0. The lowest BCUT2D eigenvalue weighted by atomic mass is 9.91. The molecule has 0 spiro atoms. The highest BCUT2D eigenvalue weighted by molar-refractivity contribution is 9.10. The largest absolute Gasteiger partial charge is 0.377 e. The van der Waals surface area contributed by atoms with Gasteiger partial charge in [-0.3, -0.25) is 9.78 Å². The van der Waals surface area contributed by atoms with Crippen molar-refractivity contribution in [3.8, 4) is 0 Å². The van der Waals surface area contributed by atoms with Crippen molar-refractivity contribution < 1.29 is 4.79 Å². The van der Waals surface area contributed by atoms with Crippen LogP contribution in [0.25, 0.3) is 0 Å². The van der Waals surface area contributed by atoms with Gasteiger partial charge in [0.05, 0.1) is 5.56 Å². The van der Waals surface area contributed by atoms with E-state index in [4.69, 9.17) is 0 Å². The van der Waals surface area contributed by atoms with Gasteiger partial charge in [-0.15, -0.1) is 0 Å². The first-order valence-electron chi connectivity index (χ1n) is 9.24. The van der Waals surface area contributed by atoms with Crippen molar-refractivity contribution in [2.45, 2.75) is 44.7 Å². The Morgan fingerprint density at radius 1 is 1.11 bits per heavy atom. The summed E-state index contributed by atoms with van der Waals surface area (Å²) in [6, 6.07) is 4.48. The highest BCUT2D eigenvalue weighted by Crippen LogP contribution is 2.25. The second-order valence-corrected chi connectivity index (χ2v) is 8.22. The van der Waals surface area contributed by atoms with Gasteiger partial charge in [0.25, 0.3) is 5.91 Å². The van der Waals surface area contributed by atoms with E-state index in [2.05, 4.69) is 54.4 Å². The SMILES string of the molecule is Cc1cnc(NC2CCC(NC(=O)c3cncc(Br)c3)CC2)cc1N(C)C. The molecular weight excluding hydrogens is 406 g/mol. The lowest BCUT2D eigenvalue weighted by Gasteiger charge is -2.30. The minimum atomic E-state index is -0.0592. The lowest BCUT2D eigenvalue weighted by molar-refractivity contribution is 0.0926. The van der Waals surface area contributed by atoms with Crippen molar-refractivity contribution in [2.75, 3.05) is 24.3 Å². The molecule has 0 aromatic carbocycles. The fourth-order valence-corrected chi connectivity index (χ4v) is 3.83. The molecule has 6 nitrogen and oxygen atoms in total. The Hall–Kier alpha value is -2.15. The van der Waals surface area contributed by atoms with Gasteiger partial charge in [-0.25, -0.2) is 4.98 Å². The van der Waals surface area contributed by atoms with Crippen LogP contribution >= 0.6 is 15.9 Å². The first kappa shape index (κ1) is 19.6. The number of pyridine rings is 2. The molecule has 1 fully saturated rings. The van der Waals surface area contributed by atoms with Crippen LogP contribution in [0.1, 0.15) is 41.6 Å². The fraction of sp³-hybridized carbons (Fsp3) is 0.450. The van der Waals surface area contributed by atoms with Crippen LogP contribution in [0.4, 0.5) is 11.5 Å². The normalized spacial score (nSPS) is 19.4. The Bertz CT molecular complexity index is 803. The Kier molecular flexibility index (Phi) is 6.31. The summed E-state index contributed by atoms with van der Waals surface area (Å²) in [4.78, 5) is 23.0. The van der Waals surface area contributed by atoms with Crippen molar-refractivity contribution >= 4 is 33.3 Å². The molecule has 0 atom stereocenters. The maximum absolute atomic E-state index is 12.4.